The predicted molar refractivity (Wildman–Crippen MR) is 79.6 cm³/mol. The van der Waals surface area contributed by atoms with Gasteiger partial charge in [-0.3, -0.25) is 4.79 Å². The zero-order chi connectivity index (χ0) is 17.0. The Morgan fingerprint density at radius 2 is 2.04 bits per heavy atom. The van der Waals surface area contributed by atoms with E-state index >= 15 is 0 Å². The molecule has 1 atom stereocenters. The summed E-state index contributed by atoms with van der Waals surface area (Å²) in [4.78, 5) is 17.4. The van der Waals surface area contributed by atoms with Crippen molar-refractivity contribution in [3.63, 3.8) is 0 Å². The number of pyridine rings is 1. The highest BCUT2D eigenvalue weighted by Crippen LogP contribution is 2.31. The Balaban J connectivity index is 1.87. The maximum absolute atomic E-state index is 12.5. The summed E-state index contributed by atoms with van der Waals surface area (Å²) in [5, 5.41) is 9.60. The van der Waals surface area contributed by atoms with E-state index in [1.54, 1.807) is 18.2 Å². The van der Waals surface area contributed by atoms with Crippen molar-refractivity contribution in [1.82, 2.24) is 9.88 Å². The van der Waals surface area contributed by atoms with Crippen molar-refractivity contribution in [3.05, 3.63) is 35.1 Å². The van der Waals surface area contributed by atoms with Crippen LogP contribution in [0, 0.1) is 5.92 Å². The first kappa shape index (κ1) is 17.7. The number of hydrogen-bond acceptors (Lipinski definition) is 3. The maximum atomic E-state index is 12.5. The van der Waals surface area contributed by atoms with E-state index in [9.17, 15) is 23.1 Å². The summed E-state index contributed by atoms with van der Waals surface area (Å²) in [6.45, 7) is 0.389. The van der Waals surface area contributed by atoms with Gasteiger partial charge in [0.05, 0.1) is 0 Å². The first-order chi connectivity index (χ1) is 10.8. The highest BCUT2D eigenvalue weighted by molar-refractivity contribution is 6.29. The van der Waals surface area contributed by atoms with Crippen LogP contribution in [0.4, 0.5) is 13.2 Å². The molecule has 0 bridgehead atoms. The van der Waals surface area contributed by atoms with Gasteiger partial charge in [-0.15, -0.1) is 0 Å². The van der Waals surface area contributed by atoms with E-state index in [0.29, 0.717) is 10.7 Å². The van der Waals surface area contributed by atoms with Crippen LogP contribution in [0.1, 0.15) is 18.4 Å². The van der Waals surface area contributed by atoms with Crippen molar-refractivity contribution in [3.8, 4) is 0 Å². The molecule has 1 aliphatic rings. The van der Waals surface area contributed by atoms with Gasteiger partial charge >= 0.3 is 6.18 Å². The number of likely N-dealkylation sites (tertiary alicyclic amines) is 1. The normalized spacial score (nSPS) is 18.4. The molecule has 1 fully saturated rings. The second-order valence-corrected chi connectivity index (χ2v) is 5.78. The number of nitrogens with zero attached hydrogens (tertiary/aromatic N) is 2. The zero-order valence-electron chi connectivity index (χ0n) is 12.1. The van der Waals surface area contributed by atoms with E-state index in [-0.39, 0.29) is 31.8 Å². The van der Waals surface area contributed by atoms with Crippen LogP contribution in [-0.4, -0.2) is 46.3 Å². The molecule has 2 heterocycles. The summed E-state index contributed by atoms with van der Waals surface area (Å²) in [5.41, 5.74) is 0.699. The van der Waals surface area contributed by atoms with Crippen LogP contribution in [0.2, 0.25) is 5.15 Å². The van der Waals surface area contributed by atoms with Crippen molar-refractivity contribution >= 4 is 23.6 Å². The minimum absolute atomic E-state index is 0.128. The molecular formula is C15H16ClF3N2O2. The molecule has 1 aromatic rings. The average molecular weight is 349 g/mol. The van der Waals surface area contributed by atoms with Gasteiger partial charge in [-0.25, -0.2) is 4.98 Å². The number of amides is 1. The number of rotatable bonds is 3. The average Bonchev–Trinajstić information content (AvgIpc) is 2.52. The molecule has 0 radical (unpaired) electrons. The molecule has 1 saturated heterocycles. The third-order valence-electron chi connectivity index (χ3n) is 3.80. The highest BCUT2D eigenvalue weighted by atomic mass is 35.5. The second-order valence-electron chi connectivity index (χ2n) is 5.40. The lowest BCUT2D eigenvalue weighted by Gasteiger charge is -2.34. The van der Waals surface area contributed by atoms with Crippen LogP contribution in [0.15, 0.2) is 24.4 Å². The van der Waals surface area contributed by atoms with E-state index in [0.717, 1.165) is 0 Å². The summed E-state index contributed by atoms with van der Waals surface area (Å²) >= 11 is 5.66. The number of hydrogen-bond donors (Lipinski definition) is 1. The number of piperidine rings is 1. The molecule has 2 rings (SSSR count). The molecule has 1 unspecified atom stereocenters. The van der Waals surface area contributed by atoms with Crippen molar-refractivity contribution in [2.24, 2.45) is 5.92 Å². The first-order valence-electron chi connectivity index (χ1n) is 7.10. The summed E-state index contributed by atoms with van der Waals surface area (Å²) in [6, 6.07) is 3.29. The van der Waals surface area contributed by atoms with Crippen LogP contribution >= 0.6 is 11.6 Å². The third-order valence-corrected chi connectivity index (χ3v) is 4.03. The molecule has 126 valence electrons. The van der Waals surface area contributed by atoms with Crippen molar-refractivity contribution in [2.75, 3.05) is 13.1 Å². The van der Waals surface area contributed by atoms with Gasteiger partial charge in [0.25, 0.3) is 0 Å². The Morgan fingerprint density at radius 1 is 1.39 bits per heavy atom. The van der Waals surface area contributed by atoms with Gasteiger partial charge in [0, 0.05) is 25.4 Å². The zero-order valence-corrected chi connectivity index (χ0v) is 12.9. The molecule has 0 aliphatic carbocycles. The number of carbonyl (C=O) groups excluding carboxylic acids is 1. The standard InChI is InChI=1S/C15H16ClF3N2O2/c16-12-3-1-10(9-20-12)2-4-13(22)21-7-5-11(6-8-21)14(23)15(17,18)19/h1-4,9,11,14,23H,5-8H2/b4-2+. The van der Waals surface area contributed by atoms with Crippen LogP contribution in [-0.2, 0) is 4.79 Å². The molecule has 4 nitrogen and oxygen atoms in total. The fraction of sp³-hybridized carbons (Fsp3) is 0.467. The fourth-order valence-corrected chi connectivity index (χ4v) is 2.57. The second kappa shape index (κ2) is 7.31. The minimum Gasteiger partial charge on any atom is -0.383 e. The quantitative estimate of drug-likeness (QED) is 0.675. The van der Waals surface area contributed by atoms with Crippen molar-refractivity contribution < 1.29 is 23.1 Å². The largest absolute Gasteiger partial charge is 0.414 e. The molecule has 0 aromatic carbocycles. The molecule has 1 aromatic heterocycles. The maximum Gasteiger partial charge on any atom is 0.414 e. The molecule has 1 amide bonds. The van der Waals surface area contributed by atoms with Gasteiger partial charge < -0.3 is 10.0 Å². The molecule has 23 heavy (non-hydrogen) atoms. The molecular weight excluding hydrogens is 333 g/mol. The lowest BCUT2D eigenvalue weighted by atomic mass is 9.91. The summed E-state index contributed by atoms with van der Waals surface area (Å²) in [7, 11) is 0. The SMILES string of the molecule is O=C(/C=C/c1ccc(Cl)nc1)N1CCC(C(O)C(F)(F)F)CC1. The van der Waals surface area contributed by atoms with Gasteiger partial charge in [-0.2, -0.15) is 13.2 Å². The lowest BCUT2D eigenvalue weighted by Crippen LogP contribution is -2.44. The smallest absolute Gasteiger partial charge is 0.383 e. The van der Waals surface area contributed by atoms with Crippen molar-refractivity contribution in [2.45, 2.75) is 25.1 Å². The van der Waals surface area contributed by atoms with Crippen LogP contribution in [0.25, 0.3) is 6.08 Å². The first-order valence-corrected chi connectivity index (χ1v) is 7.48. The highest BCUT2D eigenvalue weighted by Gasteiger charge is 2.44. The Kier molecular flexibility index (Phi) is 5.64. The van der Waals surface area contributed by atoms with Crippen LogP contribution in [0.5, 0.6) is 0 Å². The van der Waals surface area contributed by atoms with E-state index < -0.39 is 18.2 Å². The van der Waals surface area contributed by atoms with Gasteiger partial charge in [-0.05, 0) is 36.5 Å². The van der Waals surface area contributed by atoms with Gasteiger partial charge in [-0.1, -0.05) is 17.7 Å². The van der Waals surface area contributed by atoms with Crippen LogP contribution in [0.3, 0.4) is 0 Å². The number of aliphatic hydroxyl groups is 1. The fourth-order valence-electron chi connectivity index (χ4n) is 2.46. The van der Waals surface area contributed by atoms with E-state index in [1.165, 1.54) is 17.2 Å². The summed E-state index contributed by atoms with van der Waals surface area (Å²) in [5.74, 6) is -1.14. The third kappa shape index (κ3) is 4.94. The molecule has 1 aliphatic heterocycles. The molecule has 0 saturated carbocycles. The van der Waals surface area contributed by atoms with E-state index in [1.807, 2.05) is 0 Å². The number of alkyl halides is 3. The lowest BCUT2D eigenvalue weighted by molar-refractivity contribution is -0.222. The predicted octanol–water partition coefficient (Wildman–Crippen LogP) is 2.91. The van der Waals surface area contributed by atoms with Crippen LogP contribution < -0.4 is 0 Å². The minimum atomic E-state index is -4.61. The summed E-state index contributed by atoms with van der Waals surface area (Å²) in [6.07, 6.45) is -2.24. The molecule has 8 heteroatoms. The topological polar surface area (TPSA) is 53.4 Å². The number of aromatic nitrogens is 1. The molecule has 0 spiro atoms. The molecule has 1 N–H and O–H groups in total. The Hall–Kier alpha value is -1.60. The number of aliphatic hydroxyl groups excluding tert-OH is 1. The number of carbonyl (C=O) groups is 1. The Morgan fingerprint density at radius 3 is 2.57 bits per heavy atom. The van der Waals surface area contributed by atoms with Gasteiger partial charge in [0.2, 0.25) is 5.91 Å². The Bertz CT molecular complexity index is 567. The van der Waals surface area contributed by atoms with Gasteiger partial charge in [0.1, 0.15) is 5.15 Å². The monoisotopic (exact) mass is 348 g/mol. The van der Waals surface area contributed by atoms with E-state index in [2.05, 4.69) is 4.98 Å². The number of halogens is 4. The van der Waals surface area contributed by atoms with Gasteiger partial charge in [0.15, 0.2) is 6.10 Å². The Labute approximate surface area is 136 Å². The van der Waals surface area contributed by atoms with E-state index in [4.69, 9.17) is 11.6 Å². The van der Waals surface area contributed by atoms with Crippen molar-refractivity contribution in [1.29, 1.82) is 0 Å². The summed E-state index contributed by atoms with van der Waals surface area (Å²) < 4.78 is 37.4.